The highest BCUT2D eigenvalue weighted by atomic mass is 32.1. The number of carboxylic acid groups (broad SMARTS) is 1. The lowest BCUT2D eigenvalue weighted by Crippen LogP contribution is -2.46. The molecule has 0 unspecified atom stereocenters. The van der Waals surface area contributed by atoms with E-state index in [0.717, 1.165) is 45.1 Å². The van der Waals surface area contributed by atoms with E-state index in [1.54, 1.807) is 17.0 Å². The molecule has 3 aromatic rings. The zero-order chi connectivity index (χ0) is 24.6. The molecular formula is C26H28N4O3S. The molecule has 34 heavy (non-hydrogen) atoms. The molecule has 1 heterocycles. The van der Waals surface area contributed by atoms with Crippen LogP contribution in [0.25, 0.3) is 21.1 Å². The van der Waals surface area contributed by atoms with Gasteiger partial charge in [0.25, 0.3) is 0 Å². The molecule has 2 aromatic carbocycles. The van der Waals surface area contributed by atoms with Crippen LogP contribution in [0.3, 0.4) is 0 Å². The van der Waals surface area contributed by atoms with Gasteiger partial charge in [0.1, 0.15) is 21.8 Å². The van der Waals surface area contributed by atoms with Gasteiger partial charge in [-0.15, -0.1) is 10.2 Å². The van der Waals surface area contributed by atoms with Crippen molar-refractivity contribution in [3.63, 3.8) is 0 Å². The lowest BCUT2D eigenvalue weighted by molar-refractivity contribution is 0.0701. The van der Waals surface area contributed by atoms with Crippen molar-refractivity contribution in [1.82, 2.24) is 15.1 Å². The van der Waals surface area contributed by atoms with Crippen LogP contribution in [-0.2, 0) is 6.42 Å². The molecule has 0 spiro atoms. The summed E-state index contributed by atoms with van der Waals surface area (Å²) in [5.41, 5.74) is 3.92. The number of hydrogen-bond donors (Lipinski definition) is 1. The van der Waals surface area contributed by atoms with Crippen LogP contribution in [-0.4, -0.2) is 37.9 Å². The number of fused-ring (bicyclic) bond motifs is 1. The van der Waals surface area contributed by atoms with Crippen LogP contribution in [0, 0.1) is 11.3 Å². The Balaban J connectivity index is 1.68. The van der Waals surface area contributed by atoms with Crippen LogP contribution in [0.4, 0.5) is 4.79 Å². The Hall–Kier alpha value is -3.44. The highest BCUT2D eigenvalue weighted by molar-refractivity contribution is 7.17. The fraction of sp³-hybridized carbons (Fsp3) is 0.385. The first kappa shape index (κ1) is 23.7. The van der Waals surface area contributed by atoms with E-state index in [4.69, 9.17) is 4.74 Å². The third-order valence-corrected chi connectivity index (χ3v) is 6.85. The minimum Gasteiger partial charge on any atom is -0.490 e. The van der Waals surface area contributed by atoms with Crippen molar-refractivity contribution in [2.45, 2.75) is 65.1 Å². The fourth-order valence-electron chi connectivity index (χ4n) is 4.54. The van der Waals surface area contributed by atoms with Gasteiger partial charge in [-0.1, -0.05) is 29.5 Å². The van der Waals surface area contributed by atoms with Crippen molar-refractivity contribution in [2.75, 3.05) is 0 Å². The summed E-state index contributed by atoms with van der Waals surface area (Å²) in [5.74, 6) is 0.555. The molecule has 1 amide bonds. The van der Waals surface area contributed by atoms with Gasteiger partial charge in [-0.25, -0.2) is 4.79 Å². The maximum Gasteiger partial charge on any atom is 0.408 e. The van der Waals surface area contributed by atoms with Crippen molar-refractivity contribution in [2.24, 2.45) is 0 Å². The maximum atomic E-state index is 12.1. The summed E-state index contributed by atoms with van der Waals surface area (Å²) in [6, 6.07) is 13.5. The summed E-state index contributed by atoms with van der Waals surface area (Å²) in [6.07, 6.45) is 0.590. The molecule has 0 aliphatic heterocycles. The zero-order valence-electron chi connectivity index (χ0n) is 20.0. The molecule has 1 aliphatic rings. The quantitative estimate of drug-likeness (QED) is 0.464. The molecule has 0 saturated carbocycles. The average molecular weight is 477 g/mol. The Bertz CT molecular complexity index is 1270. The van der Waals surface area contributed by atoms with Gasteiger partial charge in [0.05, 0.1) is 17.7 Å². The van der Waals surface area contributed by atoms with Crippen molar-refractivity contribution in [1.29, 1.82) is 5.26 Å². The van der Waals surface area contributed by atoms with Crippen molar-refractivity contribution >= 4 is 17.4 Å². The molecule has 0 radical (unpaired) electrons. The Morgan fingerprint density at radius 3 is 2.62 bits per heavy atom. The Labute approximate surface area is 203 Å². The van der Waals surface area contributed by atoms with Gasteiger partial charge in [0.15, 0.2) is 0 Å². The Morgan fingerprint density at radius 1 is 1.24 bits per heavy atom. The molecule has 1 atom stereocenters. The highest BCUT2D eigenvalue weighted by Gasteiger charge is 2.38. The lowest BCUT2D eigenvalue weighted by Gasteiger charge is -2.38. The van der Waals surface area contributed by atoms with E-state index in [2.05, 4.69) is 16.3 Å². The summed E-state index contributed by atoms with van der Waals surface area (Å²) in [5, 5.41) is 29.8. The molecular weight excluding hydrogens is 448 g/mol. The Morgan fingerprint density at radius 2 is 1.97 bits per heavy atom. The smallest absolute Gasteiger partial charge is 0.408 e. The second-order valence-corrected chi connectivity index (χ2v) is 10.6. The summed E-state index contributed by atoms with van der Waals surface area (Å²) in [6.45, 7) is 9.62. The van der Waals surface area contributed by atoms with E-state index < -0.39 is 11.6 Å². The fourth-order valence-corrected chi connectivity index (χ4v) is 5.44. The largest absolute Gasteiger partial charge is 0.490 e. The number of aromatic nitrogens is 2. The molecule has 1 aliphatic carbocycles. The van der Waals surface area contributed by atoms with Crippen LogP contribution >= 0.6 is 11.3 Å². The second-order valence-electron chi connectivity index (χ2n) is 9.65. The van der Waals surface area contributed by atoms with E-state index in [1.807, 2.05) is 58.9 Å². The summed E-state index contributed by atoms with van der Waals surface area (Å²) >= 11 is 1.46. The number of hydrogen-bond acceptors (Lipinski definition) is 6. The molecule has 8 heteroatoms. The van der Waals surface area contributed by atoms with Gasteiger partial charge in [0, 0.05) is 16.7 Å². The molecule has 7 nitrogen and oxygen atoms in total. The first-order valence-electron chi connectivity index (χ1n) is 11.3. The first-order chi connectivity index (χ1) is 16.1. The minimum atomic E-state index is -0.910. The van der Waals surface area contributed by atoms with E-state index in [1.165, 1.54) is 11.3 Å². The number of rotatable bonds is 5. The van der Waals surface area contributed by atoms with Crippen molar-refractivity contribution < 1.29 is 14.6 Å². The number of amides is 1. The SMILES string of the molecule is CC(C)Oc1ccc(-c2nnc(-c3cccc4c3CC[C@H]4N(C(=O)O)C(C)(C)C)s2)cc1C#N. The Kier molecular flexibility index (Phi) is 6.32. The van der Waals surface area contributed by atoms with Gasteiger partial charge in [-0.3, -0.25) is 4.90 Å². The van der Waals surface area contributed by atoms with Gasteiger partial charge in [-0.2, -0.15) is 5.26 Å². The minimum absolute atomic E-state index is 0.0228. The average Bonchev–Trinajstić information content (AvgIpc) is 3.40. The second kappa shape index (κ2) is 9.07. The number of benzene rings is 2. The van der Waals surface area contributed by atoms with E-state index in [0.29, 0.717) is 11.3 Å². The van der Waals surface area contributed by atoms with Crippen molar-refractivity contribution in [3.05, 3.63) is 53.1 Å². The van der Waals surface area contributed by atoms with Gasteiger partial charge in [0.2, 0.25) is 0 Å². The first-order valence-corrected chi connectivity index (χ1v) is 12.1. The summed E-state index contributed by atoms with van der Waals surface area (Å²) in [7, 11) is 0. The molecule has 0 fully saturated rings. The molecule has 176 valence electrons. The molecule has 4 rings (SSSR count). The topological polar surface area (TPSA) is 99.3 Å². The number of ether oxygens (including phenoxy) is 1. The highest BCUT2D eigenvalue weighted by Crippen LogP contribution is 2.44. The molecule has 0 saturated heterocycles. The molecule has 1 N–H and O–H groups in total. The third kappa shape index (κ3) is 4.48. The van der Waals surface area contributed by atoms with Crippen LogP contribution in [0.2, 0.25) is 0 Å². The van der Waals surface area contributed by atoms with Crippen LogP contribution in [0.5, 0.6) is 5.75 Å². The van der Waals surface area contributed by atoms with Crippen LogP contribution < -0.4 is 4.74 Å². The zero-order valence-corrected chi connectivity index (χ0v) is 20.8. The predicted molar refractivity (Wildman–Crippen MR) is 132 cm³/mol. The van der Waals surface area contributed by atoms with Gasteiger partial charge < -0.3 is 9.84 Å². The normalized spacial score (nSPS) is 15.1. The van der Waals surface area contributed by atoms with Crippen LogP contribution in [0.15, 0.2) is 36.4 Å². The van der Waals surface area contributed by atoms with E-state index in [9.17, 15) is 15.2 Å². The summed E-state index contributed by atoms with van der Waals surface area (Å²) in [4.78, 5) is 13.6. The van der Waals surface area contributed by atoms with Gasteiger partial charge >= 0.3 is 6.09 Å². The van der Waals surface area contributed by atoms with Crippen molar-refractivity contribution in [3.8, 4) is 33.0 Å². The monoisotopic (exact) mass is 476 g/mol. The lowest BCUT2D eigenvalue weighted by atomic mass is 9.98. The van der Waals surface area contributed by atoms with E-state index >= 15 is 0 Å². The predicted octanol–water partition coefficient (Wildman–Crippen LogP) is 6.30. The number of nitriles is 1. The number of carbonyl (C=O) groups is 1. The molecule has 0 bridgehead atoms. The van der Waals surface area contributed by atoms with E-state index in [-0.39, 0.29) is 12.1 Å². The third-order valence-electron chi connectivity index (χ3n) is 5.84. The standard InChI is InChI=1S/C26H28N4O3S/c1-15(2)33-22-12-9-16(13-17(22)14-27)23-28-29-24(34-23)20-8-6-7-19-18(20)10-11-21(19)30(25(31)32)26(3,4)5/h6-9,12-13,15,21H,10-11H2,1-5H3,(H,31,32)/t21-/m1/s1. The van der Waals surface area contributed by atoms with Gasteiger partial charge in [-0.05, 0) is 76.8 Å². The maximum absolute atomic E-state index is 12.1. The van der Waals surface area contributed by atoms with Crippen LogP contribution in [0.1, 0.15) is 63.8 Å². The summed E-state index contributed by atoms with van der Waals surface area (Å²) < 4.78 is 5.72. The number of nitrogens with zero attached hydrogens (tertiary/aromatic N) is 4. The molecule has 1 aromatic heterocycles.